The van der Waals surface area contributed by atoms with Gasteiger partial charge in [0.05, 0.1) is 6.54 Å². The summed E-state index contributed by atoms with van der Waals surface area (Å²) in [5, 5.41) is 4.87. The molecular weight excluding hydrogens is 260 g/mol. The van der Waals surface area contributed by atoms with Gasteiger partial charge in [0.1, 0.15) is 4.88 Å². The summed E-state index contributed by atoms with van der Waals surface area (Å²) in [6, 6.07) is 1.86. The Bertz CT molecular complexity index is 481. The molecule has 1 amide bonds. The number of hydrogen-bond donors (Lipinski definition) is 2. The Labute approximate surface area is 117 Å². The fourth-order valence-electron chi connectivity index (χ4n) is 2.00. The molecule has 2 heterocycles. The van der Waals surface area contributed by atoms with Gasteiger partial charge in [0, 0.05) is 25.3 Å². The third-order valence-corrected chi connectivity index (χ3v) is 4.00. The first-order valence-corrected chi connectivity index (χ1v) is 7.31. The zero-order valence-corrected chi connectivity index (χ0v) is 11.6. The van der Waals surface area contributed by atoms with Gasteiger partial charge in [-0.2, -0.15) is 0 Å². The molecule has 0 unspecified atom stereocenters. The first kappa shape index (κ1) is 14.1. The monoisotopic (exact) mass is 278 g/mol. The van der Waals surface area contributed by atoms with Crippen molar-refractivity contribution in [3.05, 3.63) is 21.9 Å². The van der Waals surface area contributed by atoms with Crippen molar-refractivity contribution in [1.29, 1.82) is 0 Å². The van der Waals surface area contributed by atoms with E-state index in [0.717, 1.165) is 31.6 Å². The Morgan fingerprint density at radius 2 is 2.32 bits per heavy atom. The van der Waals surface area contributed by atoms with Gasteiger partial charge in [-0.3, -0.25) is 4.79 Å². The lowest BCUT2D eigenvalue weighted by atomic mass is 10.0. The van der Waals surface area contributed by atoms with E-state index in [1.165, 1.54) is 11.3 Å². The highest BCUT2D eigenvalue weighted by Gasteiger charge is 2.17. The lowest BCUT2D eigenvalue weighted by molar-refractivity contribution is 0.0643. The molecule has 0 saturated carbocycles. The Kier molecular flexibility index (Phi) is 5.40. The quantitative estimate of drug-likeness (QED) is 0.817. The Hall–Kier alpha value is -1.35. The highest BCUT2D eigenvalue weighted by molar-refractivity contribution is 7.12. The maximum atomic E-state index is 12.1. The van der Waals surface area contributed by atoms with Gasteiger partial charge >= 0.3 is 0 Å². The second-order valence-corrected chi connectivity index (χ2v) is 5.35. The van der Waals surface area contributed by atoms with Crippen LogP contribution in [0.4, 0.5) is 0 Å². The Morgan fingerprint density at radius 3 is 3.05 bits per heavy atom. The molecule has 1 aliphatic rings. The smallest absolute Gasteiger partial charge is 0.262 e. The molecule has 0 radical (unpaired) electrons. The first-order chi connectivity index (χ1) is 9.31. The van der Waals surface area contributed by atoms with Crippen LogP contribution in [0.25, 0.3) is 0 Å². The number of ether oxygens (including phenoxy) is 1. The van der Waals surface area contributed by atoms with Crippen molar-refractivity contribution in [3.63, 3.8) is 0 Å². The van der Waals surface area contributed by atoms with Crippen molar-refractivity contribution in [2.45, 2.75) is 12.8 Å². The van der Waals surface area contributed by atoms with Gasteiger partial charge in [-0.1, -0.05) is 11.8 Å². The minimum Gasteiger partial charge on any atom is -0.381 e. The number of thiophene rings is 1. The van der Waals surface area contributed by atoms with Crippen LogP contribution in [0.2, 0.25) is 0 Å². The van der Waals surface area contributed by atoms with Gasteiger partial charge < -0.3 is 15.8 Å². The summed E-state index contributed by atoms with van der Waals surface area (Å²) in [5.74, 6) is 6.19. The second-order valence-electron chi connectivity index (χ2n) is 4.44. The molecule has 0 aliphatic carbocycles. The zero-order valence-electron chi connectivity index (χ0n) is 10.8. The summed E-state index contributed by atoms with van der Waals surface area (Å²) >= 11 is 1.41. The summed E-state index contributed by atoms with van der Waals surface area (Å²) in [5.41, 5.74) is 6.11. The van der Waals surface area contributed by atoms with E-state index in [9.17, 15) is 4.79 Å². The van der Waals surface area contributed by atoms with E-state index in [4.69, 9.17) is 10.5 Å². The first-order valence-electron chi connectivity index (χ1n) is 6.43. The molecule has 102 valence electrons. The van der Waals surface area contributed by atoms with Crippen LogP contribution in [0.3, 0.4) is 0 Å². The number of carbonyl (C=O) groups excluding carboxylic acids is 1. The maximum Gasteiger partial charge on any atom is 0.262 e. The topological polar surface area (TPSA) is 64.4 Å². The van der Waals surface area contributed by atoms with E-state index in [-0.39, 0.29) is 5.91 Å². The molecular formula is C14H18N2O2S. The number of nitrogens with one attached hydrogen (secondary N) is 1. The fraction of sp³-hybridized carbons (Fsp3) is 0.500. The van der Waals surface area contributed by atoms with E-state index in [0.29, 0.717) is 23.9 Å². The molecule has 19 heavy (non-hydrogen) atoms. The van der Waals surface area contributed by atoms with Gasteiger partial charge in [-0.25, -0.2) is 0 Å². The average molecular weight is 278 g/mol. The Balaban J connectivity index is 1.90. The second kappa shape index (κ2) is 7.29. The average Bonchev–Trinajstić information content (AvgIpc) is 2.92. The molecule has 1 fully saturated rings. The SMILES string of the molecule is NCC#Cc1ccsc1C(=O)NCC1CCOCC1. The highest BCUT2D eigenvalue weighted by Crippen LogP contribution is 2.17. The standard InChI is InChI=1S/C14H18N2O2S/c15-6-1-2-12-5-9-19-13(12)14(17)16-10-11-3-7-18-8-4-11/h5,9,11H,3-4,6-8,10,15H2,(H,16,17). The number of rotatable bonds is 3. The van der Waals surface area contributed by atoms with Crippen LogP contribution < -0.4 is 11.1 Å². The van der Waals surface area contributed by atoms with E-state index >= 15 is 0 Å². The molecule has 0 spiro atoms. The molecule has 1 aliphatic heterocycles. The van der Waals surface area contributed by atoms with Gasteiger partial charge in [0.25, 0.3) is 5.91 Å². The highest BCUT2D eigenvalue weighted by atomic mass is 32.1. The van der Waals surface area contributed by atoms with E-state index < -0.39 is 0 Å². The minimum absolute atomic E-state index is 0.0391. The van der Waals surface area contributed by atoms with Crippen LogP contribution in [-0.4, -0.2) is 32.2 Å². The van der Waals surface area contributed by atoms with Crippen LogP contribution in [0, 0.1) is 17.8 Å². The lowest BCUT2D eigenvalue weighted by Gasteiger charge is -2.22. The van der Waals surface area contributed by atoms with Crippen molar-refractivity contribution in [3.8, 4) is 11.8 Å². The maximum absolute atomic E-state index is 12.1. The summed E-state index contributed by atoms with van der Waals surface area (Å²) in [6.07, 6.45) is 2.04. The predicted molar refractivity (Wildman–Crippen MR) is 76.1 cm³/mol. The number of nitrogens with two attached hydrogens (primary N) is 1. The van der Waals surface area contributed by atoms with Crippen molar-refractivity contribution >= 4 is 17.2 Å². The molecule has 1 saturated heterocycles. The van der Waals surface area contributed by atoms with Gasteiger partial charge in [0.2, 0.25) is 0 Å². The third kappa shape index (κ3) is 4.06. The van der Waals surface area contributed by atoms with Gasteiger partial charge in [-0.15, -0.1) is 11.3 Å². The molecule has 4 nitrogen and oxygen atoms in total. The molecule has 0 bridgehead atoms. The van der Waals surface area contributed by atoms with Crippen LogP contribution in [0.5, 0.6) is 0 Å². The molecule has 0 atom stereocenters. The van der Waals surface area contributed by atoms with Crippen LogP contribution >= 0.6 is 11.3 Å². The molecule has 1 aromatic heterocycles. The largest absolute Gasteiger partial charge is 0.381 e. The zero-order chi connectivity index (χ0) is 13.5. The molecule has 2 rings (SSSR count). The molecule has 5 heteroatoms. The van der Waals surface area contributed by atoms with E-state index in [2.05, 4.69) is 17.2 Å². The summed E-state index contributed by atoms with van der Waals surface area (Å²) < 4.78 is 5.30. The molecule has 0 aromatic carbocycles. The van der Waals surface area contributed by atoms with Gasteiger partial charge in [-0.05, 0) is 30.2 Å². The van der Waals surface area contributed by atoms with Crippen molar-refractivity contribution < 1.29 is 9.53 Å². The van der Waals surface area contributed by atoms with Crippen molar-refractivity contribution in [2.75, 3.05) is 26.3 Å². The van der Waals surface area contributed by atoms with Crippen molar-refractivity contribution in [1.82, 2.24) is 5.32 Å². The van der Waals surface area contributed by atoms with E-state index in [1.54, 1.807) is 0 Å². The number of amides is 1. The third-order valence-electron chi connectivity index (χ3n) is 3.09. The summed E-state index contributed by atoms with van der Waals surface area (Å²) in [6.45, 7) is 2.61. The van der Waals surface area contributed by atoms with Crippen LogP contribution in [0.15, 0.2) is 11.4 Å². The number of carbonyl (C=O) groups is 1. The van der Waals surface area contributed by atoms with E-state index in [1.807, 2.05) is 11.4 Å². The number of hydrogen-bond acceptors (Lipinski definition) is 4. The lowest BCUT2D eigenvalue weighted by Crippen LogP contribution is -2.32. The van der Waals surface area contributed by atoms with Crippen molar-refractivity contribution in [2.24, 2.45) is 11.7 Å². The summed E-state index contributed by atoms with van der Waals surface area (Å²) in [7, 11) is 0. The fourth-order valence-corrected chi connectivity index (χ4v) is 2.76. The molecule has 1 aromatic rings. The summed E-state index contributed by atoms with van der Waals surface area (Å²) in [4.78, 5) is 12.8. The van der Waals surface area contributed by atoms with Crippen LogP contribution in [0.1, 0.15) is 28.1 Å². The van der Waals surface area contributed by atoms with Crippen LogP contribution in [-0.2, 0) is 4.74 Å². The molecule has 3 N–H and O–H groups in total. The normalized spacial score (nSPS) is 15.6. The van der Waals surface area contributed by atoms with Gasteiger partial charge in [0.15, 0.2) is 0 Å². The Morgan fingerprint density at radius 1 is 1.53 bits per heavy atom. The minimum atomic E-state index is -0.0391. The predicted octanol–water partition coefficient (Wildman–Crippen LogP) is 1.21.